The van der Waals surface area contributed by atoms with Gasteiger partial charge in [0.25, 0.3) is 0 Å². The van der Waals surface area contributed by atoms with Gasteiger partial charge in [0.15, 0.2) is 0 Å². The first-order valence-electron chi connectivity index (χ1n) is 14.0. The number of unbranched alkanes of at least 4 members (excludes halogenated alkanes) is 2. The second-order valence-electron chi connectivity index (χ2n) is 11.6. The quantitative estimate of drug-likeness (QED) is 0.143. The molecule has 3 rings (SSSR count). The molecule has 1 aromatic carbocycles. The topological polar surface area (TPSA) is 160 Å². The van der Waals surface area contributed by atoms with Crippen LogP contribution in [0.15, 0.2) is 34.9 Å². The average Bonchev–Trinajstić information content (AvgIpc) is 3.53. The van der Waals surface area contributed by atoms with Gasteiger partial charge in [-0.25, -0.2) is 4.98 Å². The van der Waals surface area contributed by atoms with Gasteiger partial charge in [-0.3, -0.25) is 14.4 Å². The fourth-order valence-corrected chi connectivity index (χ4v) is 5.75. The van der Waals surface area contributed by atoms with Crippen LogP contribution in [0.1, 0.15) is 77.1 Å². The Morgan fingerprint density at radius 2 is 1.90 bits per heavy atom. The fourth-order valence-electron chi connectivity index (χ4n) is 4.94. The van der Waals surface area contributed by atoms with Crippen LogP contribution >= 0.6 is 11.3 Å². The highest BCUT2D eigenvalue weighted by Crippen LogP contribution is 2.29. The minimum absolute atomic E-state index is 0.0239. The van der Waals surface area contributed by atoms with Crippen LogP contribution in [0, 0.1) is 12.3 Å². The van der Waals surface area contributed by atoms with Crippen LogP contribution < -0.4 is 10.6 Å². The zero-order valence-electron chi connectivity index (χ0n) is 24.5. The highest BCUT2D eigenvalue weighted by Gasteiger charge is 2.44. The monoisotopic (exact) mass is 583 g/mol. The Bertz CT molecular complexity index is 1250. The van der Waals surface area contributed by atoms with Gasteiger partial charge in [0, 0.05) is 30.8 Å². The maximum atomic E-state index is 13.7. The summed E-state index contributed by atoms with van der Waals surface area (Å²) in [4.78, 5) is 49.4. The molecule has 0 saturated carbocycles. The number of hydrogen-bond donors (Lipinski definition) is 3. The number of nitrogens with zero attached hydrogens (tertiary/aromatic N) is 5. The smallest absolute Gasteiger partial charge is 0.246 e. The maximum Gasteiger partial charge on any atom is 0.246 e. The van der Waals surface area contributed by atoms with Crippen LogP contribution in [-0.4, -0.2) is 64.0 Å². The summed E-state index contributed by atoms with van der Waals surface area (Å²) in [6, 6.07) is 5.92. The number of β-amino-alcohol motifs (C(OH)–C–C–N with tert-alkyl or cyclic N) is 1. The number of carbonyl (C=O) groups excluding carboxylic acids is 3. The van der Waals surface area contributed by atoms with E-state index in [0.29, 0.717) is 19.4 Å². The lowest BCUT2D eigenvalue weighted by Gasteiger charge is -2.35. The maximum absolute atomic E-state index is 13.7. The molecule has 1 aliphatic rings. The predicted octanol–water partition coefficient (Wildman–Crippen LogP) is 4.66. The third kappa shape index (κ3) is 8.76. The summed E-state index contributed by atoms with van der Waals surface area (Å²) in [6.07, 6.45) is 1.56. The van der Waals surface area contributed by atoms with Crippen molar-refractivity contribution in [2.75, 3.05) is 13.1 Å². The van der Waals surface area contributed by atoms with Gasteiger partial charge in [0.2, 0.25) is 17.7 Å². The Morgan fingerprint density at radius 3 is 2.51 bits per heavy atom. The molecule has 1 saturated heterocycles. The van der Waals surface area contributed by atoms with Crippen LogP contribution in [-0.2, 0) is 14.4 Å². The third-order valence-electron chi connectivity index (χ3n) is 7.29. The van der Waals surface area contributed by atoms with Crippen molar-refractivity contribution in [1.82, 2.24) is 20.5 Å². The number of aliphatic hydroxyl groups excluding tert-OH is 1. The number of hydrogen-bond acceptors (Lipinski definition) is 7. The number of likely N-dealkylation sites (tertiary alicyclic amines) is 1. The fraction of sp³-hybridized carbons (Fsp3) is 0.586. The Morgan fingerprint density at radius 1 is 1.20 bits per heavy atom. The van der Waals surface area contributed by atoms with Crippen LogP contribution in [0.25, 0.3) is 20.9 Å². The summed E-state index contributed by atoms with van der Waals surface area (Å²) in [5, 5.41) is 19.8. The third-order valence-corrected chi connectivity index (χ3v) is 8.26. The normalized spacial score (nSPS) is 18.3. The Labute approximate surface area is 245 Å². The van der Waals surface area contributed by atoms with Gasteiger partial charge in [-0.05, 0) is 48.8 Å². The second-order valence-corrected chi connectivity index (χ2v) is 12.5. The van der Waals surface area contributed by atoms with Crippen molar-refractivity contribution in [3.63, 3.8) is 0 Å². The van der Waals surface area contributed by atoms with Gasteiger partial charge < -0.3 is 20.6 Å². The standard InChI is InChI=1S/C29H41N7O4S/c1-18(20-10-12-21(13-11-20)25-19(2)31-17-41-25)33-27(39)23-15-22(37)16-36(23)28(40)26(29(3,4)5)34-24(38)9-7-6-8-14-32-35-30/h10-13,17-18,22-23,26,37H,6-9,14-16H2,1-5H3,(H,33,39)(H,34,38)/t18-,22+,23-,26+/m0/s1. The molecular weight excluding hydrogens is 542 g/mol. The van der Waals surface area contributed by atoms with E-state index in [-0.39, 0.29) is 43.1 Å². The summed E-state index contributed by atoms with van der Waals surface area (Å²) in [5.41, 5.74) is 12.5. The van der Waals surface area contributed by atoms with Crippen molar-refractivity contribution in [1.29, 1.82) is 0 Å². The van der Waals surface area contributed by atoms with E-state index in [1.807, 2.05) is 64.4 Å². The number of aromatic nitrogens is 1. The van der Waals surface area contributed by atoms with E-state index in [1.165, 1.54) is 4.90 Å². The zero-order valence-corrected chi connectivity index (χ0v) is 25.3. The van der Waals surface area contributed by atoms with E-state index in [1.54, 1.807) is 11.3 Å². The molecule has 4 atom stereocenters. The van der Waals surface area contributed by atoms with Crippen molar-refractivity contribution < 1.29 is 19.5 Å². The second kappa shape index (κ2) is 14.4. The number of amides is 3. The van der Waals surface area contributed by atoms with E-state index in [0.717, 1.165) is 28.1 Å². The van der Waals surface area contributed by atoms with Crippen molar-refractivity contribution in [3.8, 4) is 10.4 Å². The molecule has 0 radical (unpaired) electrons. The Balaban J connectivity index is 1.64. The van der Waals surface area contributed by atoms with Gasteiger partial charge in [0.05, 0.1) is 28.2 Å². The summed E-state index contributed by atoms with van der Waals surface area (Å²) in [7, 11) is 0. The lowest BCUT2D eigenvalue weighted by atomic mass is 9.85. The summed E-state index contributed by atoms with van der Waals surface area (Å²) in [6.45, 7) is 9.84. The minimum Gasteiger partial charge on any atom is -0.391 e. The molecule has 12 heteroatoms. The van der Waals surface area contributed by atoms with Crippen LogP contribution in [0.3, 0.4) is 0 Å². The van der Waals surface area contributed by atoms with E-state index >= 15 is 0 Å². The van der Waals surface area contributed by atoms with Crippen molar-refractivity contribution in [2.24, 2.45) is 10.5 Å². The number of rotatable bonds is 12. The zero-order chi connectivity index (χ0) is 30.2. The highest BCUT2D eigenvalue weighted by atomic mass is 32.1. The molecule has 0 aliphatic carbocycles. The molecule has 0 unspecified atom stereocenters. The summed E-state index contributed by atoms with van der Waals surface area (Å²) in [5.74, 6) is -0.986. The lowest BCUT2D eigenvalue weighted by Crippen LogP contribution is -2.57. The first kappa shape index (κ1) is 32.0. The van der Waals surface area contributed by atoms with Crippen molar-refractivity contribution in [2.45, 2.75) is 91.0 Å². The van der Waals surface area contributed by atoms with Gasteiger partial charge in [-0.1, -0.05) is 56.6 Å². The number of carbonyl (C=O) groups is 3. The van der Waals surface area contributed by atoms with E-state index in [9.17, 15) is 19.5 Å². The molecule has 41 heavy (non-hydrogen) atoms. The number of aryl methyl sites for hydroxylation is 1. The molecule has 1 fully saturated rings. The SMILES string of the molecule is Cc1ncsc1-c1ccc([C@H](C)NC(=O)[C@@H]2C[C@@H](O)CN2C(=O)[C@@H](NC(=O)CCCCCN=[N+]=[N-])C(C)(C)C)cc1. The summed E-state index contributed by atoms with van der Waals surface area (Å²) < 4.78 is 0. The van der Waals surface area contributed by atoms with Crippen molar-refractivity contribution in [3.05, 3.63) is 51.5 Å². The molecule has 0 spiro atoms. The van der Waals surface area contributed by atoms with Crippen LogP contribution in [0.4, 0.5) is 0 Å². The van der Waals surface area contributed by atoms with Gasteiger partial charge in [0.1, 0.15) is 12.1 Å². The van der Waals surface area contributed by atoms with Crippen molar-refractivity contribution >= 4 is 29.1 Å². The Hall–Kier alpha value is -3.47. The van der Waals surface area contributed by atoms with Crippen LogP contribution in [0.2, 0.25) is 0 Å². The molecule has 3 amide bonds. The molecule has 222 valence electrons. The molecule has 2 heterocycles. The molecule has 3 N–H and O–H groups in total. The predicted molar refractivity (Wildman–Crippen MR) is 159 cm³/mol. The van der Waals surface area contributed by atoms with E-state index in [4.69, 9.17) is 5.53 Å². The van der Waals surface area contributed by atoms with E-state index in [2.05, 4.69) is 25.6 Å². The van der Waals surface area contributed by atoms with Crippen LogP contribution in [0.5, 0.6) is 0 Å². The van der Waals surface area contributed by atoms with Gasteiger partial charge >= 0.3 is 0 Å². The largest absolute Gasteiger partial charge is 0.391 e. The first-order chi connectivity index (χ1) is 19.4. The van der Waals surface area contributed by atoms with Gasteiger partial charge in [-0.2, -0.15) is 0 Å². The minimum atomic E-state index is -0.862. The van der Waals surface area contributed by atoms with Gasteiger partial charge in [-0.15, -0.1) is 11.3 Å². The summed E-state index contributed by atoms with van der Waals surface area (Å²) >= 11 is 1.58. The Kier molecular flexibility index (Phi) is 11.3. The molecule has 1 aromatic heterocycles. The van der Waals surface area contributed by atoms with E-state index < -0.39 is 23.6 Å². The number of benzene rings is 1. The first-order valence-corrected chi connectivity index (χ1v) is 14.9. The highest BCUT2D eigenvalue weighted by molar-refractivity contribution is 7.13. The number of aliphatic hydroxyl groups is 1. The number of nitrogens with one attached hydrogen (secondary N) is 2. The average molecular weight is 584 g/mol. The molecule has 2 aromatic rings. The number of thiazole rings is 1. The molecule has 1 aliphatic heterocycles. The molecule has 0 bridgehead atoms. The lowest BCUT2D eigenvalue weighted by molar-refractivity contribution is -0.144. The molecular formula is C29H41N7O4S. The molecule has 11 nitrogen and oxygen atoms in total. The number of azide groups is 1.